The molecule has 5 nitrogen and oxygen atoms in total. The molecule has 4 rings (SSSR count). The zero-order valence-electron chi connectivity index (χ0n) is 22.9. The predicted octanol–water partition coefficient (Wildman–Crippen LogP) is 6.17. The Balaban J connectivity index is 1.56. The summed E-state index contributed by atoms with van der Waals surface area (Å²) in [6.45, 7) is 7.70. The second-order valence-electron chi connectivity index (χ2n) is 10.8. The van der Waals surface area contributed by atoms with E-state index < -0.39 is 12.1 Å². The first-order chi connectivity index (χ1) is 18.6. The highest BCUT2D eigenvalue weighted by atomic mass is 32.2. The summed E-state index contributed by atoms with van der Waals surface area (Å²) < 4.78 is 0. The monoisotopic (exact) mass is 540 g/mol. The van der Waals surface area contributed by atoms with Crippen LogP contribution in [0, 0.1) is 6.92 Å². The molecule has 0 saturated carbocycles. The third-order valence-corrected chi connectivity index (χ3v) is 7.61. The quantitative estimate of drug-likeness (QED) is 0.222. The summed E-state index contributed by atoms with van der Waals surface area (Å²) in [6, 6.07) is 28.6. The van der Waals surface area contributed by atoms with Crippen LogP contribution in [0.15, 0.2) is 95.9 Å². The molecule has 3 N–H and O–H groups in total. The van der Waals surface area contributed by atoms with Crippen LogP contribution in [-0.2, 0) is 6.42 Å². The molecule has 0 spiro atoms. The Bertz CT molecular complexity index is 1460. The number of amides is 2. The van der Waals surface area contributed by atoms with Crippen LogP contribution < -0.4 is 10.6 Å². The second kappa shape index (κ2) is 12.5. The largest absolute Gasteiger partial charge is 0.391 e. The van der Waals surface area contributed by atoms with Crippen LogP contribution in [0.1, 0.15) is 52.6 Å². The summed E-state index contributed by atoms with van der Waals surface area (Å²) >= 11 is 1.59. The molecule has 6 heteroatoms. The fourth-order valence-electron chi connectivity index (χ4n) is 4.46. The van der Waals surface area contributed by atoms with Crippen LogP contribution in [0.4, 0.5) is 0 Å². The lowest BCUT2D eigenvalue weighted by atomic mass is 9.96. The lowest BCUT2D eigenvalue weighted by molar-refractivity contribution is 0.0849. The Kier molecular flexibility index (Phi) is 9.10. The predicted molar refractivity (Wildman–Crippen MR) is 160 cm³/mol. The van der Waals surface area contributed by atoms with Crippen molar-refractivity contribution < 1.29 is 14.7 Å². The average molecular weight is 541 g/mol. The van der Waals surface area contributed by atoms with Gasteiger partial charge in [-0.25, -0.2) is 0 Å². The minimum absolute atomic E-state index is 0.184. The molecule has 0 fully saturated rings. The Morgan fingerprint density at radius 1 is 0.821 bits per heavy atom. The Labute approximate surface area is 235 Å². The van der Waals surface area contributed by atoms with Crippen LogP contribution in [0.5, 0.6) is 0 Å². The molecule has 39 heavy (non-hydrogen) atoms. The highest BCUT2D eigenvalue weighted by Gasteiger charge is 2.26. The van der Waals surface area contributed by atoms with E-state index in [0.29, 0.717) is 16.9 Å². The Morgan fingerprint density at radius 2 is 1.46 bits per heavy atom. The van der Waals surface area contributed by atoms with E-state index in [-0.39, 0.29) is 23.8 Å². The van der Waals surface area contributed by atoms with Gasteiger partial charge in [0.1, 0.15) is 0 Å². The molecule has 4 aromatic rings. The van der Waals surface area contributed by atoms with Crippen LogP contribution in [-0.4, -0.2) is 40.4 Å². The van der Waals surface area contributed by atoms with Crippen molar-refractivity contribution in [3.05, 3.63) is 113 Å². The molecule has 0 aliphatic carbocycles. The van der Waals surface area contributed by atoms with Crippen molar-refractivity contribution in [1.82, 2.24) is 10.6 Å². The molecule has 0 heterocycles. The lowest BCUT2D eigenvalue weighted by Gasteiger charge is -2.26. The normalized spacial score (nSPS) is 13.1. The molecular weight excluding hydrogens is 504 g/mol. The highest BCUT2D eigenvalue weighted by molar-refractivity contribution is 7.99. The van der Waals surface area contributed by atoms with Gasteiger partial charge in [-0.15, -0.1) is 11.8 Å². The minimum atomic E-state index is -0.908. The molecule has 2 unspecified atom stereocenters. The maximum Gasteiger partial charge on any atom is 0.251 e. The van der Waals surface area contributed by atoms with Crippen molar-refractivity contribution in [2.24, 2.45) is 0 Å². The van der Waals surface area contributed by atoms with Crippen molar-refractivity contribution >= 4 is 34.3 Å². The van der Waals surface area contributed by atoms with Gasteiger partial charge in [0.25, 0.3) is 11.8 Å². The van der Waals surface area contributed by atoms with Gasteiger partial charge in [0.15, 0.2) is 0 Å². The first-order valence-corrected chi connectivity index (χ1v) is 14.2. The van der Waals surface area contributed by atoms with Gasteiger partial charge >= 0.3 is 0 Å². The van der Waals surface area contributed by atoms with Crippen molar-refractivity contribution in [2.45, 2.75) is 56.7 Å². The summed E-state index contributed by atoms with van der Waals surface area (Å²) in [4.78, 5) is 27.3. The number of fused-ring (bicyclic) bond motifs is 1. The number of thioether (sulfide) groups is 1. The molecule has 4 aromatic carbocycles. The van der Waals surface area contributed by atoms with Gasteiger partial charge in [-0.05, 0) is 73.9 Å². The standard InChI is InChI=1S/C33H36N2O3S/c1-22-11-5-9-15-27(22)31(37)34-29(21-39-26-18-17-23-12-6-7-13-24(23)19-26)30(36)20-25-14-8-10-16-28(25)32(38)35-33(2,3)4/h5-19,29-30,36H,20-21H2,1-4H3,(H,34,37)(H,35,38). The molecule has 0 aliphatic rings. The van der Waals surface area contributed by atoms with E-state index in [0.717, 1.165) is 26.8 Å². The van der Waals surface area contributed by atoms with Gasteiger partial charge < -0.3 is 15.7 Å². The van der Waals surface area contributed by atoms with Gasteiger partial charge in [0, 0.05) is 33.7 Å². The molecule has 202 valence electrons. The molecule has 0 aliphatic heterocycles. The van der Waals surface area contributed by atoms with Crippen LogP contribution in [0.25, 0.3) is 10.8 Å². The number of rotatable bonds is 9. The number of aryl methyl sites for hydroxylation is 1. The third-order valence-electron chi connectivity index (χ3n) is 6.50. The number of carbonyl (C=O) groups is 2. The van der Waals surface area contributed by atoms with Crippen LogP contribution in [0.2, 0.25) is 0 Å². The van der Waals surface area contributed by atoms with Gasteiger partial charge in [-0.3, -0.25) is 9.59 Å². The summed E-state index contributed by atoms with van der Waals surface area (Å²) in [5.41, 5.74) is 2.32. The summed E-state index contributed by atoms with van der Waals surface area (Å²) in [6.07, 6.45) is -0.681. The lowest BCUT2D eigenvalue weighted by Crippen LogP contribution is -2.46. The highest BCUT2D eigenvalue weighted by Crippen LogP contribution is 2.26. The van der Waals surface area contributed by atoms with E-state index in [1.165, 1.54) is 0 Å². The van der Waals surface area contributed by atoms with Crippen molar-refractivity contribution in [3.63, 3.8) is 0 Å². The van der Waals surface area contributed by atoms with Crippen LogP contribution >= 0.6 is 11.8 Å². The summed E-state index contributed by atoms with van der Waals surface area (Å²) in [5.74, 6) is 0.0550. The van der Waals surface area contributed by atoms with Gasteiger partial charge in [0.05, 0.1) is 12.1 Å². The zero-order valence-corrected chi connectivity index (χ0v) is 23.7. The molecule has 2 atom stereocenters. The summed E-state index contributed by atoms with van der Waals surface area (Å²) in [5, 5.41) is 19.8. The van der Waals surface area contributed by atoms with E-state index in [1.54, 1.807) is 23.9 Å². The number of aliphatic hydroxyl groups excluding tert-OH is 1. The number of carbonyl (C=O) groups excluding carboxylic acids is 2. The van der Waals surface area contributed by atoms with Gasteiger partial charge in [-0.2, -0.15) is 0 Å². The maximum atomic E-state index is 13.3. The molecule has 0 radical (unpaired) electrons. The Hall–Kier alpha value is -3.61. The Morgan fingerprint density at radius 3 is 2.18 bits per heavy atom. The van der Waals surface area contributed by atoms with Gasteiger partial charge in [-0.1, -0.05) is 66.7 Å². The van der Waals surface area contributed by atoms with E-state index >= 15 is 0 Å². The third kappa shape index (κ3) is 7.71. The second-order valence-corrected chi connectivity index (χ2v) is 11.9. The smallest absolute Gasteiger partial charge is 0.251 e. The number of aliphatic hydroxyl groups is 1. The number of benzene rings is 4. The van der Waals surface area contributed by atoms with Gasteiger partial charge in [0.2, 0.25) is 0 Å². The van der Waals surface area contributed by atoms with E-state index in [1.807, 2.05) is 76.2 Å². The maximum absolute atomic E-state index is 13.3. The molecule has 0 saturated heterocycles. The van der Waals surface area contributed by atoms with E-state index in [2.05, 4.69) is 41.0 Å². The summed E-state index contributed by atoms with van der Waals surface area (Å²) in [7, 11) is 0. The first kappa shape index (κ1) is 28.4. The number of hydrogen-bond donors (Lipinski definition) is 3. The minimum Gasteiger partial charge on any atom is -0.391 e. The average Bonchev–Trinajstić information content (AvgIpc) is 2.90. The molecular formula is C33H36N2O3S. The molecule has 0 aromatic heterocycles. The topological polar surface area (TPSA) is 78.4 Å². The number of hydrogen-bond acceptors (Lipinski definition) is 4. The van der Waals surface area contributed by atoms with E-state index in [4.69, 9.17) is 0 Å². The number of nitrogens with one attached hydrogen (secondary N) is 2. The van der Waals surface area contributed by atoms with Crippen molar-refractivity contribution in [2.75, 3.05) is 5.75 Å². The van der Waals surface area contributed by atoms with Crippen LogP contribution in [0.3, 0.4) is 0 Å². The SMILES string of the molecule is Cc1ccccc1C(=O)NC(CSc1ccc2ccccc2c1)C(O)Cc1ccccc1C(=O)NC(C)(C)C. The first-order valence-electron chi connectivity index (χ1n) is 13.2. The van der Waals surface area contributed by atoms with Crippen molar-refractivity contribution in [3.8, 4) is 0 Å². The fraction of sp³-hybridized carbons (Fsp3) is 0.273. The fourth-order valence-corrected chi connectivity index (χ4v) is 5.51. The van der Waals surface area contributed by atoms with E-state index in [9.17, 15) is 14.7 Å². The molecule has 0 bridgehead atoms. The molecule has 2 amide bonds. The zero-order chi connectivity index (χ0) is 28.0. The van der Waals surface area contributed by atoms with Crippen molar-refractivity contribution in [1.29, 1.82) is 0 Å².